The van der Waals surface area contributed by atoms with Gasteiger partial charge in [-0.3, -0.25) is 19.1 Å². The van der Waals surface area contributed by atoms with E-state index < -0.39 is 0 Å². The smallest absolute Gasteiger partial charge is 0.254 e. The number of carbonyl (C=O) groups is 2. The number of anilines is 1. The predicted octanol–water partition coefficient (Wildman–Crippen LogP) is 4.42. The predicted molar refractivity (Wildman–Crippen MR) is 133 cm³/mol. The van der Waals surface area contributed by atoms with Crippen molar-refractivity contribution in [2.24, 2.45) is 0 Å². The summed E-state index contributed by atoms with van der Waals surface area (Å²) in [7, 11) is 3.28. The number of carbonyl (C=O) groups excluding carboxylic acids is 2. The number of hydrogen-bond acceptors (Lipinski definition) is 6. The molecule has 0 radical (unpaired) electrons. The fraction of sp³-hybridized carbons (Fsp3) is 0.125. The summed E-state index contributed by atoms with van der Waals surface area (Å²) in [5, 5.41) is 12.4. The number of nitrogens with zero attached hydrogens (tertiary/aromatic N) is 5. The van der Waals surface area contributed by atoms with Crippen LogP contribution in [0.25, 0.3) is 17.1 Å². The first-order chi connectivity index (χ1) is 16.4. The second-order valence-corrected chi connectivity index (χ2v) is 8.80. The summed E-state index contributed by atoms with van der Waals surface area (Å²) in [5.41, 5.74) is 2.50. The molecule has 4 rings (SSSR count). The van der Waals surface area contributed by atoms with E-state index in [-0.39, 0.29) is 17.6 Å². The molecule has 0 aliphatic rings. The molecule has 8 nitrogen and oxygen atoms in total. The van der Waals surface area contributed by atoms with Crippen molar-refractivity contribution in [2.45, 2.75) is 5.16 Å². The highest BCUT2D eigenvalue weighted by Crippen LogP contribution is 2.28. The minimum Gasteiger partial charge on any atom is -0.345 e. The van der Waals surface area contributed by atoms with E-state index in [9.17, 15) is 9.59 Å². The number of nitrogens with one attached hydrogen (secondary N) is 1. The third-order valence-electron chi connectivity index (χ3n) is 4.79. The number of benzene rings is 2. The van der Waals surface area contributed by atoms with Crippen LogP contribution in [0.3, 0.4) is 0 Å². The molecule has 2 amide bonds. The average molecular weight is 493 g/mol. The fourth-order valence-corrected chi connectivity index (χ4v) is 4.14. The summed E-state index contributed by atoms with van der Waals surface area (Å²) in [6.45, 7) is 0. The van der Waals surface area contributed by atoms with Crippen LogP contribution in [-0.4, -0.2) is 56.3 Å². The molecule has 0 aliphatic carbocycles. The highest BCUT2D eigenvalue weighted by atomic mass is 35.5. The Morgan fingerprint density at radius 2 is 1.85 bits per heavy atom. The maximum absolute atomic E-state index is 12.7. The molecule has 0 saturated carbocycles. The Hall–Kier alpha value is -3.69. The van der Waals surface area contributed by atoms with Crippen LogP contribution in [0.4, 0.5) is 5.69 Å². The Kier molecular flexibility index (Phi) is 7.24. The van der Waals surface area contributed by atoms with Gasteiger partial charge < -0.3 is 10.2 Å². The summed E-state index contributed by atoms with van der Waals surface area (Å²) < 4.78 is 1.89. The van der Waals surface area contributed by atoms with E-state index in [1.165, 1.54) is 16.7 Å². The van der Waals surface area contributed by atoms with Gasteiger partial charge in [0.15, 0.2) is 11.0 Å². The minimum absolute atomic E-state index is 0.0948. The number of rotatable bonds is 7. The Morgan fingerprint density at radius 1 is 1.06 bits per heavy atom. The van der Waals surface area contributed by atoms with Crippen molar-refractivity contribution >= 4 is 40.9 Å². The van der Waals surface area contributed by atoms with Crippen LogP contribution < -0.4 is 5.32 Å². The highest BCUT2D eigenvalue weighted by molar-refractivity contribution is 7.99. The lowest BCUT2D eigenvalue weighted by atomic mass is 10.1. The molecule has 4 aromatic rings. The Balaban J connectivity index is 1.53. The SMILES string of the molecule is CN(C)C(=O)c1cc(NC(=O)CSc2nnc(-c3cccnc3)n2-c2ccccc2)ccc1Cl. The lowest BCUT2D eigenvalue weighted by Gasteiger charge is -2.13. The Labute approximate surface area is 206 Å². The monoisotopic (exact) mass is 492 g/mol. The van der Waals surface area contributed by atoms with Gasteiger partial charge in [0, 0.05) is 43.4 Å². The molecular formula is C24H21ClN6O2S. The number of amides is 2. The molecule has 10 heteroatoms. The van der Waals surface area contributed by atoms with Crippen molar-refractivity contribution in [3.63, 3.8) is 0 Å². The van der Waals surface area contributed by atoms with Crippen molar-refractivity contribution in [1.82, 2.24) is 24.6 Å². The number of thioether (sulfide) groups is 1. The molecular weight excluding hydrogens is 472 g/mol. The van der Waals surface area contributed by atoms with Crippen LogP contribution in [0.15, 0.2) is 78.2 Å². The molecule has 0 fully saturated rings. The second-order valence-electron chi connectivity index (χ2n) is 7.45. The van der Waals surface area contributed by atoms with Crippen LogP contribution in [0.1, 0.15) is 10.4 Å². The topological polar surface area (TPSA) is 93.0 Å². The first-order valence-electron chi connectivity index (χ1n) is 10.3. The molecule has 0 atom stereocenters. The molecule has 172 valence electrons. The molecule has 2 heterocycles. The van der Waals surface area contributed by atoms with Gasteiger partial charge >= 0.3 is 0 Å². The maximum Gasteiger partial charge on any atom is 0.254 e. The summed E-state index contributed by atoms with van der Waals surface area (Å²) in [6, 6.07) is 18.2. The zero-order valence-electron chi connectivity index (χ0n) is 18.5. The zero-order valence-corrected chi connectivity index (χ0v) is 20.0. The lowest BCUT2D eigenvalue weighted by Crippen LogP contribution is -2.22. The van der Waals surface area contributed by atoms with Crippen molar-refractivity contribution in [3.8, 4) is 17.1 Å². The largest absolute Gasteiger partial charge is 0.345 e. The van der Waals surface area contributed by atoms with E-state index in [2.05, 4.69) is 20.5 Å². The minimum atomic E-state index is -0.249. The number of aromatic nitrogens is 4. The molecule has 0 saturated heterocycles. The molecule has 34 heavy (non-hydrogen) atoms. The summed E-state index contributed by atoms with van der Waals surface area (Å²) in [4.78, 5) is 30.6. The first-order valence-corrected chi connectivity index (χ1v) is 11.7. The van der Waals surface area contributed by atoms with Crippen molar-refractivity contribution < 1.29 is 9.59 Å². The van der Waals surface area contributed by atoms with E-state index in [0.29, 0.717) is 27.3 Å². The molecule has 2 aromatic heterocycles. The number of pyridine rings is 1. The van der Waals surface area contributed by atoms with E-state index in [1.807, 2.05) is 47.0 Å². The van der Waals surface area contributed by atoms with Gasteiger partial charge in [-0.25, -0.2) is 0 Å². The third-order valence-corrected chi connectivity index (χ3v) is 6.05. The molecule has 1 N–H and O–H groups in total. The van der Waals surface area contributed by atoms with Gasteiger partial charge in [0.1, 0.15) is 0 Å². The molecule has 0 unspecified atom stereocenters. The van der Waals surface area contributed by atoms with E-state index >= 15 is 0 Å². The maximum atomic E-state index is 12.7. The average Bonchev–Trinajstić information content (AvgIpc) is 3.28. The van der Waals surface area contributed by atoms with Gasteiger partial charge in [-0.2, -0.15) is 0 Å². The Morgan fingerprint density at radius 3 is 2.56 bits per heavy atom. The fourth-order valence-electron chi connectivity index (χ4n) is 3.19. The standard InChI is InChI=1S/C24H21ClN6O2S/c1-30(2)23(33)19-13-17(10-11-20(19)25)27-21(32)15-34-24-29-28-22(16-7-6-12-26-14-16)31(24)18-8-4-3-5-9-18/h3-14H,15H2,1-2H3,(H,27,32). The summed E-state index contributed by atoms with van der Waals surface area (Å²) in [6.07, 6.45) is 3.42. The van der Waals surface area contributed by atoms with Gasteiger partial charge in [-0.05, 0) is 42.5 Å². The summed E-state index contributed by atoms with van der Waals surface area (Å²) >= 11 is 7.41. The van der Waals surface area contributed by atoms with Crippen molar-refractivity contribution in [1.29, 1.82) is 0 Å². The molecule has 2 aromatic carbocycles. The van der Waals surface area contributed by atoms with E-state index in [4.69, 9.17) is 11.6 Å². The van der Waals surface area contributed by atoms with Gasteiger partial charge in [-0.1, -0.05) is 41.6 Å². The zero-order chi connectivity index (χ0) is 24.1. The van der Waals surface area contributed by atoms with E-state index in [0.717, 1.165) is 11.3 Å². The van der Waals surface area contributed by atoms with Gasteiger partial charge in [0.05, 0.1) is 16.3 Å². The van der Waals surface area contributed by atoms with Crippen LogP contribution in [-0.2, 0) is 4.79 Å². The highest BCUT2D eigenvalue weighted by Gasteiger charge is 2.18. The van der Waals surface area contributed by atoms with Crippen molar-refractivity contribution in [2.75, 3.05) is 25.2 Å². The van der Waals surface area contributed by atoms with Gasteiger partial charge in [0.25, 0.3) is 5.91 Å². The van der Waals surface area contributed by atoms with E-state index in [1.54, 1.807) is 44.7 Å². The molecule has 0 bridgehead atoms. The van der Waals surface area contributed by atoms with Crippen LogP contribution in [0, 0.1) is 0 Å². The number of para-hydroxylation sites is 1. The molecule has 0 spiro atoms. The van der Waals surface area contributed by atoms with Crippen LogP contribution in [0.5, 0.6) is 0 Å². The normalized spacial score (nSPS) is 10.7. The van der Waals surface area contributed by atoms with Crippen LogP contribution >= 0.6 is 23.4 Å². The lowest BCUT2D eigenvalue weighted by molar-refractivity contribution is -0.113. The number of halogens is 1. The first kappa shape index (κ1) is 23.5. The second kappa shape index (κ2) is 10.5. The van der Waals surface area contributed by atoms with Crippen LogP contribution in [0.2, 0.25) is 5.02 Å². The Bertz CT molecular complexity index is 1310. The summed E-state index contributed by atoms with van der Waals surface area (Å²) in [5.74, 6) is 0.236. The van der Waals surface area contributed by atoms with Crippen molar-refractivity contribution in [3.05, 3.63) is 83.6 Å². The number of hydrogen-bond donors (Lipinski definition) is 1. The third kappa shape index (κ3) is 5.27. The molecule has 0 aliphatic heterocycles. The van der Waals surface area contributed by atoms with Gasteiger partial charge in [0.2, 0.25) is 5.91 Å². The quantitative estimate of drug-likeness (QED) is 0.384. The van der Waals surface area contributed by atoms with Gasteiger partial charge in [-0.15, -0.1) is 10.2 Å².